The van der Waals surface area contributed by atoms with Gasteiger partial charge < -0.3 is 10.5 Å². The number of nitrogens with two attached hydrogens (primary N) is 1. The van der Waals surface area contributed by atoms with E-state index in [0.29, 0.717) is 33.7 Å². The number of hydrogen-bond donors (Lipinski definition) is 1. The van der Waals surface area contributed by atoms with Crippen LogP contribution in [0.4, 0.5) is 5.69 Å². The first-order valence-corrected chi connectivity index (χ1v) is 7.29. The Hall–Kier alpha value is -1.82. The van der Waals surface area contributed by atoms with Gasteiger partial charge in [-0.1, -0.05) is 30.1 Å². The summed E-state index contributed by atoms with van der Waals surface area (Å²) in [5.74, 6) is 0.910. The molecule has 0 heterocycles. The molecule has 0 saturated carbocycles. The number of hydrogen-bond acceptors (Lipinski definition) is 4. The maximum absolute atomic E-state index is 10.9. The highest BCUT2D eigenvalue weighted by molar-refractivity contribution is 6.42. The van der Waals surface area contributed by atoms with Gasteiger partial charge in [-0.3, -0.25) is 10.1 Å². The molecule has 0 aromatic heterocycles. The van der Waals surface area contributed by atoms with Crippen LogP contribution in [0.3, 0.4) is 0 Å². The molecule has 1 atom stereocenters. The topological polar surface area (TPSA) is 78.4 Å². The minimum atomic E-state index is -0.449. The fourth-order valence-corrected chi connectivity index (χ4v) is 2.21. The number of rotatable bonds is 5. The first-order chi connectivity index (χ1) is 10.4. The normalized spacial score (nSPS) is 12.0. The van der Waals surface area contributed by atoms with Crippen LogP contribution in [0.15, 0.2) is 36.4 Å². The second-order valence-corrected chi connectivity index (χ2v) is 5.61. The van der Waals surface area contributed by atoms with Gasteiger partial charge in [-0.15, -0.1) is 0 Å². The van der Waals surface area contributed by atoms with E-state index in [4.69, 9.17) is 33.7 Å². The van der Waals surface area contributed by atoms with E-state index in [1.165, 1.54) is 12.1 Å². The molecule has 2 aromatic rings. The Morgan fingerprint density at radius 2 is 1.95 bits per heavy atom. The van der Waals surface area contributed by atoms with Gasteiger partial charge >= 0.3 is 0 Å². The quantitative estimate of drug-likeness (QED) is 0.628. The van der Waals surface area contributed by atoms with E-state index in [0.717, 1.165) is 0 Å². The van der Waals surface area contributed by atoms with Crippen LogP contribution in [-0.4, -0.2) is 11.5 Å². The number of halogens is 2. The van der Waals surface area contributed by atoms with Crippen molar-refractivity contribution in [1.82, 2.24) is 0 Å². The molecule has 2 N–H and O–H groups in total. The van der Waals surface area contributed by atoms with Gasteiger partial charge in [0.2, 0.25) is 0 Å². The molecule has 5 nitrogen and oxygen atoms in total. The molecule has 0 fully saturated rings. The van der Waals surface area contributed by atoms with Crippen LogP contribution >= 0.6 is 23.2 Å². The average molecular weight is 341 g/mol. The Balaban J connectivity index is 2.40. The van der Waals surface area contributed by atoms with E-state index in [2.05, 4.69) is 0 Å². The summed E-state index contributed by atoms with van der Waals surface area (Å²) in [5.41, 5.74) is 6.34. The monoisotopic (exact) mass is 340 g/mol. The molecule has 0 aliphatic rings. The highest BCUT2D eigenvalue weighted by Crippen LogP contribution is 2.35. The standard InChI is InChI=1S/C15H14Cl2N2O3/c1-9(8-18)12-6-10(19(20)21)2-5-15(12)22-11-3-4-13(16)14(17)7-11/h2-7,9H,8,18H2,1H3. The highest BCUT2D eigenvalue weighted by atomic mass is 35.5. The number of nitro groups is 1. The Labute approximate surface area is 137 Å². The van der Waals surface area contributed by atoms with Crippen molar-refractivity contribution < 1.29 is 9.66 Å². The summed E-state index contributed by atoms with van der Waals surface area (Å²) in [6.07, 6.45) is 0. The molecule has 2 aromatic carbocycles. The van der Waals surface area contributed by atoms with Crippen LogP contribution in [0.2, 0.25) is 10.0 Å². The largest absolute Gasteiger partial charge is 0.457 e. The lowest BCUT2D eigenvalue weighted by molar-refractivity contribution is -0.384. The van der Waals surface area contributed by atoms with Crippen molar-refractivity contribution in [3.8, 4) is 11.5 Å². The lowest BCUT2D eigenvalue weighted by Gasteiger charge is -2.15. The molecule has 7 heteroatoms. The molecule has 2 rings (SSSR count). The van der Waals surface area contributed by atoms with Crippen molar-refractivity contribution in [2.24, 2.45) is 5.73 Å². The molecular weight excluding hydrogens is 327 g/mol. The second-order valence-electron chi connectivity index (χ2n) is 4.79. The van der Waals surface area contributed by atoms with Gasteiger partial charge in [0.05, 0.1) is 15.0 Å². The van der Waals surface area contributed by atoms with Crippen molar-refractivity contribution in [3.05, 3.63) is 62.1 Å². The van der Waals surface area contributed by atoms with Crippen LogP contribution in [0, 0.1) is 10.1 Å². The fourth-order valence-electron chi connectivity index (χ4n) is 1.92. The lowest BCUT2D eigenvalue weighted by atomic mass is 9.99. The van der Waals surface area contributed by atoms with Crippen molar-refractivity contribution >= 4 is 28.9 Å². The third kappa shape index (κ3) is 3.68. The third-order valence-electron chi connectivity index (χ3n) is 3.21. The number of nitrogens with zero attached hydrogens (tertiary/aromatic N) is 1. The fraction of sp³-hybridized carbons (Fsp3) is 0.200. The van der Waals surface area contributed by atoms with Gasteiger partial charge in [-0.25, -0.2) is 0 Å². The van der Waals surface area contributed by atoms with Gasteiger partial charge in [0.15, 0.2) is 0 Å². The minimum absolute atomic E-state index is 0.00297. The predicted molar refractivity (Wildman–Crippen MR) is 87.1 cm³/mol. The first kappa shape index (κ1) is 16.5. The Morgan fingerprint density at radius 1 is 1.23 bits per heavy atom. The van der Waals surface area contributed by atoms with E-state index < -0.39 is 4.92 Å². The van der Waals surface area contributed by atoms with E-state index in [1.807, 2.05) is 6.92 Å². The Morgan fingerprint density at radius 3 is 2.55 bits per heavy atom. The maximum atomic E-state index is 10.9. The summed E-state index contributed by atoms with van der Waals surface area (Å²) < 4.78 is 5.78. The molecule has 0 bridgehead atoms. The number of ether oxygens (including phenoxy) is 1. The molecule has 0 amide bonds. The molecular formula is C15H14Cl2N2O3. The van der Waals surface area contributed by atoms with Gasteiger partial charge in [0.25, 0.3) is 5.69 Å². The van der Waals surface area contributed by atoms with Crippen LogP contribution < -0.4 is 10.5 Å². The average Bonchev–Trinajstić information content (AvgIpc) is 2.50. The number of non-ortho nitro benzene ring substituents is 1. The molecule has 0 radical (unpaired) electrons. The van der Waals surface area contributed by atoms with Crippen LogP contribution in [0.25, 0.3) is 0 Å². The molecule has 0 aliphatic carbocycles. The van der Waals surface area contributed by atoms with Crippen molar-refractivity contribution in [2.45, 2.75) is 12.8 Å². The summed E-state index contributed by atoms with van der Waals surface area (Å²) in [6, 6.07) is 9.30. The van der Waals surface area contributed by atoms with E-state index in [9.17, 15) is 10.1 Å². The summed E-state index contributed by atoms with van der Waals surface area (Å²) in [6.45, 7) is 2.22. The zero-order valence-electron chi connectivity index (χ0n) is 11.8. The molecule has 0 saturated heterocycles. The van der Waals surface area contributed by atoms with Crippen LogP contribution in [0.5, 0.6) is 11.5 Å². The smallest absolute Gasteiger partial charge is 0.269 e. The zero-order chi connectivity index (χ0) is 16.3. The Kier molecular flexibility index (Phi) is 5.24. The molecule has 116 valence electrons. The molecule has 1 unspecified atom stereocenters. The molecule has 0 spiro atoms. The number of nitro benzene ring substituents is 1. The SMILES string of the molecule is CC(CN)c1cc([N+](=O)[O-])ccc1Oc1ccc(Cl)c(Cl)c1. The molecule has 22 heavy (non-hydrogen) atoms. The molecule has 0 aliphatic heterocycles. The van der Waals surface area contributed by atoms with Gasteiger partial charge in [0, 0.05) is 23.8 Å². The second kappa shape index (κ2) is 6.96. The summed E-state index contributed by atoms with van der Waals surface area (Å²) in [4.78, 5) is 10.5. The van der Waals surface area contributed by atoms with E-state index in [-0.39, 0.29) is 11.6 Å². The first-order valence-electron chi connectivity index (χ1n) is 6.53. The maximum Gasteiger partial charge on any atom is 0.269 e. The summed E-state index contributed by atoms with van der Waals surface area (Å²) in [5, 5.41) is 11.7. The van der Waals surface area contributed by atoms with Crippen LogP contribution in [-0.2, 0) is 0 Å². The van der Waals surface area contributed by atoms with Gasteiger partial charge in [0.1, 0.15) is 11.5 Å². The Bertz CT molecular complexity index is 707. The van der Waals surface area contributed by atoms with Crippen molar-refractivity contribution in [3.63, 3.8) is 0 Å². The zero-order valence-corrected chi connectivity index (χ0v) is 13.3. The van der Waals surface area contributed by atoms with Gasteiger partial charge in [-0.05, 0) is 30.7 Å². The van der Waals surface area contributed by atoms with Crippen LogP contribution in [0.1, 0.15) is 18.4 Å². The van der Waals surface area contributed by atoms with Gasteiger partial charge in [-0.2, -0.15) is 0 Å². The van der Waals surface area contributed by atoms with E-state index in [1.54, 1.807) is 24.3 Å². The van der Waals surface area contributed by atoms with Crippen molar-refractivity contribution in [2.75, 3.05) is 6.54 Å². The van der Waals surface area contributed by atoms with E-state index >= 15 is 0 Å². The minimum Gasteiger partial charge on any atom is -0.457 e. The summed E-state index contributed by atoms with van der Waals surface area (Å²) >= 11 is 11.8. The predicted octanol–water partition coefficient (Wildman–Crippen LogP) is 4.76. The van der Waals surface area contributed by atoms with Crippen molar-refractivity contribution in [1.29, 1.82) is 0 Å². The third-order valence-corrected chi connectivity index (χ3v) is 3.95. The highest BCUT2D eigenvalue weighted by Gasteiger charge is 2.17. The lowest BCUT2D eigenvalue weighted by Crippen LogP contribution is -2.10. The summed E-state index contributed by atoms with van der Waals surface area (Å²) in [7, 11) is 0. The number of benzene rings is 2.